The number of nitrogens with zero attached hydrogens (tertiary/aromatic N) is 2. The number of rotatable bonds is 6. The number of ether oxygens (including phenoxy) is 1. The van der Waals surface area contributed by atoms with E-state index in [0.29, 0.717) is 11.3 Å². The van der Waals surface area contributed by atoms with Crippen LogP contribution in [0.3, 0.4) is 0 Å². The number of carbonyl (C=O) groups excluding carboxylic acids is 3. The number of hydrogen-bond donors (Lipinski definition) is 2. The van der Waals surface area contributed by atoms with E-state index in [1.807, 2.05) is 18.2 Å². The van der Waals surface area contributed by atoms with E-state index in [0.717, 1.165) is 10.5 Å². The zero-order valence-electron chi connectivity index (χ0n) is 19.2. The second-order valence-electron chi connectivity index (χ2n) is 9.46. The molecule has 2 aromatic rings. The van der Waals surface area contributed by atoms with E-state index in [1.165, 1.54) is 4.90 Å². The summed E-state index contributed by atoms with van der Waals surface area (Å²) in [6.45, 7) is 5.89. The highest BCUT2D eigenvalue weighted by molar-refractivity contribution is 6.02. The fourth-order valence-electron chi connectivity index (χ4n) is 4.28. The first-order chi connectivity index (χ1) is 16.1. The van der Waals surface area contributed by atoms with Gasteiger partial charge in [-0.3, -0.25) is 14.4 Å². The van der Waals surface area contributed by atoms with Crippen LogP contribution in [-0.2, 0) is 19.8 Å². The predicted octanol–water partition coefficient (Wildman–Crippen LogP) is 1.63. The molecule has 2 fully saturated rings. The number of para-hydroxylation sites is 1. The molecule has 178 valence electrons. The first-order valence-electron chi connectivity index (χ1n) is 11.0. The molecule has 2 aliphatic rings. The molecule has 2 unspecified atom stereocenters. The molecule has 0 aromatic heterocycles. The van der Waals surface area contributed by atoms with Crippen LogP contribution in [0.1, 0.15) is 36.7 Å². The molecule has 9 heteroatoms. The van der Waals surface area contributed by atoms with E-state index in [-0.39, 0.29) is 18.6 Å². The summed E-state index contributed by atoms with van der Waals surface area (Å²) in [6.07, 6.45) is -1.42. The standard InChI is InChI=1S/C25H27N3O6/c1-25(2,3)16-11-9-15(10-12-16)22(30)27-13-18-20(23(31)28(18)21(27)24(32)33)26-19(29)14-34-17-7-5-4-6-8-17/h4-12,18,20-21H,13-14H2,1-3H3,(H,26,29)(H,32,33)/t18?,20-,21?/m0/s1. The van der Waals surface area contributed by atoms with Crippen LogP contribution in [0, 0.1) is 0 Å². The fourth-order valence-corrected chi connectivity index (χ4v) is 4.28. The molecule has 2 N–H and O–H groups in total. The van der Waals surface area contributed by atoms with Crippen LogP contribution in [0.2, 0.25) is 0 Å². The van der Waals surface area contributed by atoms with Crippen LogP contribution in [0.5, 0.6) is 5.75 Å². The molecular weight excluding hydrogens is 438 g/mol. The summed E-state index contributed by atoms with van der Waals surface area (Å²) in [7, 11) is 0. The van der Waals surface area contributed by atoms with Crippen molar-refractivity contribution in [3.63, 3.8) is 0 Å². The van der Waals surface area contributed by atoms with Gasteiger partial charge in [0.25, 0.3) is 11.8 Å². The molecule has 2 heterocycles. The van der Waals surface area contributed by atoms with Crippen molar-refractivity contribution in [3.05, 3.63) is 65.7 Å². The van der Waals surface area contributed by atoms with Gasteiger partial charge in [0.2, 0.25) is 12.1 Å². The second-order valence-corrected chi connectivity index (χ2v) is 9.46. The molecule has 0 aliphatic carbocycles. The molecule has 3 atom stereocenters. The average molecular weight is 466 g/mol. The number of hydrogen-bond acceptors (Lipinski definition) is 5. The third-order valence-electron chi connectivity index (χ3n) is 6.11. The molecule has 2 aromatic carbocycles. The Morgan fingerprint density at radius 1 is 1.06 bits per heavy atom. The fraction of sp³-hybridized carbons (Fsp3) is 0.360. The summed E-state index contributed by atoms with van der Waals surface area (Å²) in [4.78, 5) is 52.4. The van der Waals surface area contributed by atoms with Crippen molar-refractivity contribution in [1.29, 1.82) is 0 Å². The minimum atomic E-state index is -1.42. The highest BCUT2D eigenvalue weighted by Gasteiger charge is 2.61. The molecule has 9 nitrogen and oxygen atoms in total. The van der Waals surface area contributed by atoms with E-state index in [4.69, 9.17) is 4.74 Å². The number of amides is 3. The molecule has 0 saturated carbocycles. The average Bonchev–Trinajstić information content (AvgIpc) is 3.17. The maximum Gasteiger partial charge on any atom is 0.347 e. The molecule has 4 rings (SSSR count). The second kappa shape index (κ2) is 8.81. The summed E-state index contributed by atoms with van der Waals surface area (Å²) >= 11 is 0. The Morgan fingerprint density at radius 2 is 1.71 bits per heavy atom. The molecule has 3 amide bonds. The smallest absolute Gasteiger partial charge is 0.347 e. The van der Waals surface area contributed by atoms with E-state index >= 15 is 0 Å². The van der Waals surface area contributed by atoms with Crippen molar-refractivity contribution >= 4 is 23.7 Å². The van der Waals surface area contributed by atoms with Crippen molar-refractivity contribution < 1.29 is 29.0 Å². The van der Waals surface area contributed by atoms with Crippen molar-refractivity contribution in [2.75, 3.05) is 13.2 Å². The first kappa shape index (κ1) is 23.3. The number of benzene rings is 2. The Hall–Kier alpha value is -3.88. The Bertz CT molecular complexity index is 1110. The maximum absolute atomic E-state index is 13.2. The summed E-state index contributed by atoms with van der Waals surface area (Å²) in [5.41, 5.74) is 1.29. The predicted molar refractivity (Wildman–Crippen MR) is 122 cm³/mol. The van der Waals surface area contributed by atoms with Gasteiger partial charge in [-0.15, -0.1) is 0 Å². The van der Waals surface area contributed by atoms with E-state index in [1.54, 1.807) is 36.4 Å². The van der Waals surface area contributed by atoms with Gasteiger partial charge in [-0.25, -0.2) is 4.79 Å². The molecule has 0 radical (unpaired) electrons. The normalized spacial score (nSPS) is 21.5. The lowest BCUT2D eigenvalue weighted by Crippen LogP contribution is -2.71. The van der Waals surface area contributed by atoms with E-state index in [9.17, 15) is 24.3 Å². The minimum Gasteiger partial charge on any atom is -0.484 e. The topological polar surface area (TPSA) is 116 Å². The van der Waals surface area contributed by atoms with Gasteiger partial charge in [0, 0.05) is 12.1 Å². The number of aliphatic carboxylic acids is 1. The Labute approximate surface area is 197 Å². The molecule has 0 spiro atoms. The minimum absolute atomic E-state index is 0.00700. The van der Waals surface area contributed by atoms with Gasteiger partial charge in [-0.05, 0) is 35.2 Å². The lowest BCUT2D eigenvalue weighted by molar-refractivity contribution is -0.163. The summed E-state index contributed by atoms with van der Waals surface area (Å²) in [6, 6.07) is 14.3. The summed E-state index contributed by atoms with van der Waals surface area (Å²) in [5.74, 6) is -2.30. The van der Waals surface area contributed by atoms with Crippen molar-refractivity contribution in [3.8, 4) is 5.75 Å². The van der Waals surface area contributed by atoms with Crippen molar-refractivity contribution in [1.82, 2.24) is 15.1 Å². The van der Waals surface area contributed by atoms with Gasteiger partial charge in [-0.2, -0.15) is 0 Å². The zero-order chi connectivity index (χ0) is 24.6. The van der Waals surface area contributed by atoms with Crippen LogP contribution in [0.4, 0.5) is 0 Å². The molecular formula is C25H27N3O6. The van der Waals surface area contributed by atoms with Gasteiger partial charge >= 0.3 is 5.97 Å². The number of carboxylic acid groups (broad SMARTS) is 1. The van der Waals surface area contributed by atoms with Gasteiger partial charge in [0.05, 0.1) is 6.04 Å². The first-order valence-corrected chi connectivity index (χ1v) is 11.0. The highest BCUT2D eigenvalue weighted by Crippen LogP contribution is 2.34. The van der Waals surface area contributed by atoms with Gasteiger partial charge in [-0.1, -0.05) is 51.1 Å². The Kier molecular flexibility index (Phi) is 6.03. The summed E-state index contributed by atoms with van der Waals surface area (Å²) in [5, 5.41) is 12.4. The zero-order valence-corrected chi connectivity index (χ0v) is 19.2. The van der Waals surface area contributed by atoms with Crippen LogP contribution in [0.25, 0.3) is 0 Å². The maximum atomic E-state index is 13.2. The van der Waals surface area contributed by atoms with Gasteiger partial charge < -0.3 is 25.0 Å². The number of nitrogens with one attached hydrogen (secondary N) is 1. The largest absolute Gasteiger partial charge is 0.484 e. The quantitative estimate of drug-likeness (QED) is 0.627. The SMILES string of the molecule is CC(C)(C)c1ccc(C(=O)N2CC3[C@H](NC(=O)COc4ccccc4)C(=O)N3C2C(=O)O)cc1. The molecule has 2 saturated heterocycles. The molecule has 2 aliphatic heterocycles. The van der Waals surface area contributed by atoms with E-state index < -0.39 is 41.9 Å². The lowest BCUT2D eigenvalue weighted by atomic mass is 9.86. The lowest BCUT2D eigenvalue weighted by Gasteiger charge is -2.43. The number of β-lactam (4-membered cyclic amide) rings is 1. The van der Waals surface area contributed by atoms with Crippen LogP contribution in [-0.4, -0.2) is 70.0 Å². The third-order valence-corrected chi connectivity index (χ3v) is 6.11. The van der Waals surface area contributed by atoms with Gasteiger partial charge in [0.15, 0.2) is 6.61 Å². The highest BCUT2D eigenvalue weighted by atomic mass is 16.5. The number of carbonyl (C=O) groups is 4. The Balaban J connectivity index is 1.44. The van der Waals surface area contributed by atoms with Crippen molar-refractivity contribution in [2.24, 2.45) is 0 Å². The summed E-state index contributed by atoms with van der Waals surface area (Å²) < 4.78 is 5.40. The van der Waals surface area contributed by atoms with E-state index in [2.05, 4.69) is 26.1 Å². The number of fused-ring (bicyclic) bond motifs is 1. The third kappa shape index (κ3) is 4.33. The molecule has 0 bridgehead atoms. The Morgan fingerprint density at radius 3 is 2.29 bits per heavy atom. The van der Waals surface area contributed by atoms with Crippen LogP contribution < -0.4 is 10.1 Å². The van der Waals surface area contributed by atoms with Crippen molar-refractivity contribution in [2.45, 2.75) is 44.4 Å². The molecule has 34 heavy (non-hydrogen) atoms. The van der Waals surface area contributed by atoms with Gasteiger partial charge in [0.1, 0.15) is 11.8 Å². The van der Waals surface area contributed by atoms with Crippen LogP contribution >= 0.6 is 0 Å². The van der Waals surface area contributed by atoms with Crippen LogP contribution in [0.15, 0.2) is 54.6 Å². The monoisotopic (exact) mass is 465 g/mol. The number of carboxylic acids is 1.